The Morgan fingerprint density at radius 2 is 1.48 bits per heavy atom. The van der Waals surface area contributed by atoms with Crippen LogP contribution >= 0.6 is 0 Å². The van der Waals surface area contributed by atoms with Gasteiger partial charge in [0.2, 0.25) is 0 Å². The Morgan fingerprint density at radius 1 is 0.939 bits per heavy atom. The standard InChI is InChI=1S/C24H32F2O5Si2/c1-7-23(27)29-21-13-15-22(16-14-21)30-24(25,26)19-9-11-20(12-10-19)28-17-8-18-33(5,6)31-32(2,3)4/h7,9-16H,1,8,17-18H2,2-6H3. The van der Waals surface area contributed by atoms with Crippen molar-refractivity contribution < 1.29 is 31.9 Å². The maximum atomic E-state index is 14.5. The SMILES string of the molecule is C=CC(=O)Oc1ccc(OC(F)(F)c2ccc(OCCC[Si](C)(C)O[Si](C)(C)C)cc2)cc1. The first kappa shape index (κ1) is 26.8. The summed E-state index contributed by atoms with van der Waals surface area (Å²) in [4.78, 5) is 11.2. The molecule has 0 saturated heterocycles. The van der Waals surface area contributed by atoms with Crippen molar-refractivity contribution in [3.05, 3.63) is 66.7 Å². The van der Waals surface area contributed by atoms with E-state index < -0.39 is 28.7 Å². The number of ether oxygens (including phenoxy) is 3. The molecule has 0 aliphatic rings. The second kappa shape index (κ2) is 11.1. The Morgan fingerprint density at radius 3 is 2.03 bits per heavy atom. The van der Waals surface area contributed by atoms with Crippen LogP contribution in [0, 0.1) is 0 Å². The summed E-state index contributed by atoms with van der Waals surface area (Å²) in [6, 6.07) is 11.9. The molecule has 0 fully saturated rings. The normalized spacial score (nSPS) is 12.2. The van der Waals surface area contributed by atoms with Gasteiger partial charge in [-0.1, -0.05) is 6.58 Å². The first-order valence-electron chi connectivity index (χ1n) is 10.7. The van der Waals surface area contributed by atoms with Crippen molar-refractivity contribution in [2.24, 2.45) is 0 Å². The summed E-state index contributed by atoms with van der Waals surface area (Å²) in [5.74, 6) is 0.0248. The lowest BCUT2D eigenvalue weighted by atomic mass is 10.2. The summed E-state index contributed by atoms with van der Waals surface area (Å²) in [7, 11) is -3.29. The zero-order chi connectivity index (χ0) is 24.7. The van der Waals surface area contributed by atoms with E-state index in [0.29, 0.717) is 12.4 Å². The number of carbonyl (C=O) groups is 1. The number of hydrogen-bond acceptors (Lipinski definition) is 5. The molecule has 0 bridgehead atoms. The summed E-state index contributed by atoms with van der Waals surface area (Å²) >= 11 is 0. The minimum Gasteiger partial charge on any atom is -0.494 e. The molecule has 180 valence electrons. The highest BCUT2D eigenvalue weighted by molar-refractivity contribution is 6.84. The van der Waals surface area contributed by atoms with E-state index in [4.69, 9.17) is 18.3 Å². The predicted molar refractivity (Wildman–Crippen MR) is 130 cm³/mol. The maximum absolute atomic E-state index is 14.5. The fourth-order valence-corrected chi connectivity index (χ4v) is 11.3. The number of benzene rings is 2. The molecule has 0 atom stereocenters. The van der Waals surface area contributed by atoms with Gasteiger partial charge in [0, 0.05) is 6.08 Å². The summed E-state index contributed by atoms with van der Waals surface area (Å²) in [5, 5.41) is 0. The predicted octanol–water partition coefficient (Wildman–Crippen LogP) is 6.73. The highest BCUT2D eigenvalue weighted by Gasteiger charge is 2.34. The lowest BCUT2D eigenvalue weighted by Gasteiger charge is -2.31. The van der Waals surface area contributed by atoms with Gasteiger partial charge in [-0.25, -0.2) is 4.79 Å². The van der Waals surface area contributed by atoms with Crippen molar-refractivity contribution in [1.82, 2.24) is 0 Å². The number of alkyl halides is 2. The van der Waals surface area contributed by atoms with Crippen molar-refractivity contribution in [2.45, 2.75) is 51.3 Å². The Kier molecular flexibility index (Phi) is 8.99. The molecule has 0 saturated carbocycles. The number of halogens is 2. The second-order valence-corrected chi connectivity index (χ2v) is 18.2. The largest absolute Gasteiger partial charge is 0.494 e. The number of rotatable bonds is 12. The Balaban J connectivity index is 1.87. The molecule has 0 unspecified atom stereocenters. The van der Waals surface area contributed by atoms with E-state index in [0.717, 1.165) is 18.5 Å². The van der Waals surface area contributed by atoms with Crippen LogP contribution in [0.4, 0.5) is 8.78 Å². The minimum atomic E-state index is -3.54. The molecule has 2 rings (SSSR count). The summed E-state index contributed by atoms with van der Waals surface area (Å²) in [6.45, 7) is 14.8. The van der Waals surface area contributed by atoms with Crippen LogP contribution in [0.25, 0.3) is 0 Å². The number of hydrogen-bond donors (Lipinski definition) is 0. The topological polar surface area (TPSA) is 54.0 Å². The molecule has 0 heterocycles. The van der Waals surface area contributed by atoms with Crippen LogP contribution in [-0.2, 0) is 15.0 Å². The van der Waals surface area contributed by atoms with E-state index in [9.17, 15) is 13.6 Å². The van der Waals surface area contributed by atoms with Crippen LogP contribution < -0.4 is 14.2 Å². The lowest BCUT2D eigenvalue weighted by Crippen LogP contribution is -2.42. The van der Waals surface area contributed by atoms with Crippen LogP contribution in [0.2, 0.25) is 38.8 Å². The smallest absolute Gasteiger partial charge is 0.426 e. The van der Waals surface area contributed by atoms with E-state index in [1.807, 2.05) is 0 Å². The molecule has 2 aromatic rings. The zero-order valence-electron chi connectivity index (χ0n) is 19.8. The van der Waals surface area contributed by atoms with Crippen molar-refractivity contribution in [3.63, 3.8) is 0 Å². The van der Waals surface area contributed by atoms with Crippen molar-refractivity contribution in [1.29, 1.82) is 0 Å². The molecule has 5 nitrogen and oxygen atoms in total. The van der Waals surface area contributed by atoms with Gasteiger partial charge >= 0.3 is 12.1 Å². The van der Waals surface area contributed by atoms with Gasteiger partial charge in [-0.3, -0.25) is 0 Å². The average Bonchev–Trinajstić information content (AvgIpc) is 2.71. The van der Waals surface area contributed by atoms with Gasteiger partial charge in [-0.2, -0.15) is 8.78 Å². The summed E-state index contributed by atoms with van der Waals surface area (Å²) in [6.07, 6.45) is -1.68. The van der Waals surface area contributed by atoms with E-state index in [1.165, 1.54) is 48.5 Å². The molecule has 0 radical (unpaired) electrons. The summed E-state index contributed by atoms with van der Waals surface area (Å²) in [5.41, 5.74) is -0.297. The molecule has 0 spiro atoms. The minimum absolute atomic E-state index is 0.0638. The second-order valence-electron chi connectivity index (χ2n) is 9.17. The highest BCUT2D eigenvalue weighted by atomic mass is 28.4. The Labute approximate surface area is 196 Å². The monoisotopic (exact) mass is 494 g/mol. The fraction of sp³-hybridized carbons (Fsp3) is 0.375. The highest BCUT2D eigenvalue weighted by Crippen LogP contribution is 2.33. The third-order valence-corrected chi connectivity index (χ3v) is 10.6. The van der Waals surface area contributed by atoms with Crippen molar-refractivity contribution in [3.8, 4) is 17.2 Å². The molecule has 0 N–H and O–H groups in total. The zero-order valence-corrected chi connectivity index (χ0v) is 21.8. The third kappa shape index (κ3) is 9.49. The first-order chi connectivity index (χ1) is 15.3. The Hall–Kier alpha value is -2.50. The van der Waals surface area contributed by atoms with Gasteiger partial charge in [0.05, 0.1) is 12.2 Å². The van der Waals surface area contributed by atoms with Gasteiger partial charge < -0.3 is 18.3 Å². The maximum Gasteiger partial charge on any atom is 0.426 e. The average molecular weight is 495 g/mol. The van der Waals surface area contributed by atoms with E-state index in [2.05, 4.69) is 39.3 Å². The van der Waals surface area contributed by atoms with Gasteiger partial charge in [-0.05, 0) is 93.7 Å². The van der Waals surface area contributed by atoms with Gasteiger partial charge in [0.15, 0.2) is 16.6 Å². The molecule has 0 aliphatic carbocycles. The molecular weight excluding hydrogens is 462 g/mol. The summed E-state index contributed by atoms with van der Waals surface area (Å²) < 4.78 is 50.9. The van der Waals surface area contributed by atoms with E-state index >= 15 is 0 Å². The molecule has 2 aromatic carbocycles. The third-order valence-electron chi connectivity index (χ3n) is 4.42. The van der Waals surface area contributed by atoms with Crippen LogP contribution in [0.3, 0.4) is 0 Å². The molecule has 0 aromatic heterocycles. The van der Waals surface area contributed by atoms with Crippen LogP contribution in [0.5, 0.6) is 17.2 Å². The Bertz CT molecular complexity index is 923. The van der Waals surface area contributed by atoms with Crippen molar-refractivity contribution >= 4 is 22.6 Å². The van der Waals surface area contributed by atoms with Gasteiger partial charge in [0.25, 0.3) is 0 Å². The van der Waals surface area contributed by atoms with Crippen LogP contribution in [-0.4, -0.2) is 29.2 Å². The van der Waals surface area contributed by atoms with Crippen LogP contribution in [0.1, 0.15) is 12.0 Å². The fourth-order valence-electron chi connectivity index (χ4n) is 3.25. The quantitative estimate of drug-likeness (QED) is 0.108. The van der Waals surface area contributed by atoms with E-state index in [1.54, 1.807) is 0 Å². The van der Waals surface area contributed by atoms with Gasteiger partial charge in [-0.15, -0.1) is 0 Å². The number of carbonyl (C=O) groups excluding carboxylic acids is 1. The molecule has 0 aliphatic heterocycles. The van der Waals surface area contributed by atoms with Crippen LogP contribution in [0.15, 0.2) is 61.2 Å². The van der Waals surface area contributed by atoms with Gasteiger partial charge in [0.1, 0.15) is 17.2 Å². The molecule has 9 heteroatoms. The number of esters is 1. The van der Waals surface area contributed by atoms with Crippen molar-refractivity contribution in [2.75, 3.05) is 6.61 Å². The molecule has 33 heavy (non-hydrogen) atoms. The van der Waals surface area contributed by atoms with E-state index in [-0.39, 0.29) is 17.1 Å². The molecular formula is C24H32F2O5Si2. The first-order valence-corrected chi connectivity index (χ1v) is 17.3. The lowest BCUT2D eigenvalue weighted by molar-refractivity contribution is -0.185. The molecule has 0 amide bonds.